The predicted octanol–water partition coefficient (Wildman–Crippen LogP) is 3.16. The minimum atomic E-state index is 0.488. The highest BCUT2D eigenvalue weighted by Gasteiger charge is 2.12. The first kappa shape index (κ1) is 8.61. The van der Waals surface area contributed by atoms with Crippen molar-refractivity contribution in [3.8, 4) is 0 Å². The monoisotopic (exact) mass is 168 g/mol. The maximum Gasteiger partial charge on any atom is 0.0470 e. The fourth-order valence-electron chi connectivity index (χ4n) is 1.30. The van der Waals surface area contributed by atoms with E-state index < -0.39 is 0 Å². The van der Waals surface area contributed by atoms with Crippen LogP contribution in [0.5, 0.6) is 0 Å². The van der Waals surface area contributed by atoms with Gasteiger partial charge in [0.05, 0.1) is 0 Å². The van der Waals surface area contributed by atoms with E-state index in [9.17, 15) is 0 Å². The Morgan fingerprint density at radius 2 is 2.45 bits per heavy atom. The molecule has 0 aromatic carbocycles. The van der Waals surface area contributed by atoms with E-state index in [-0.39, 0.29) is 0 Å². The van der Waals surface area contributed by atoms with Gasteiger partial charge in [-0.05, 0) is 11.5 Å². The zero-order valence-electron chi connectivity index (χ0n) is 6.76. The molecule has 0 saturated heterocycles. The lowest BCUT2D eigenvalue weighted by Gasteiger charge is -2.18. The minimum absolute atomic E-state index is 0.488. The molecule has 0 aromatic heterocycles. The van der Waals surface area contributed by atoms with Gasteiger partial charge in [-0.3, -0.25) is 0 Å². The molecule has 0 aromatic rings. The fourth-order valence-corrected chi connectivity index (χ4v) is 1.47. The number of alkyl halides is 1. The minimum Gasteiger partial charge on any atom is -0.122 e. The smallest absolute Gasteiger partial charge is 0.0470 e. The molecule has 0 aliphatic heterocycles. The van der Waals surface area contributed by atoms with E-state index in [2.05, 4.69) is 31.7 Å². The number of rotatable bonds is 2. The molecule has 2 atom stereocenters. The van der Waals surface area contributed by atoms with E-state index in [4.69, 9.17) is 11.6 Å². The molecule has 0 heterocycles. The van der Waals surface area contributed by atoms with Crippen LogP contribution in [-0.4, -0.2) is 5.88 Å². The highest BCUT2D eigenvalue weighted by Crippen LogP contribution is 2.23. The predicted molar refractivity (Wildman–Crippen MR) is 50.8 cm³/mol. The standard InChI is InChI=1S/C10H13Cl/c1-3-10-5-4-9(7-11)6-8(10)2/h3-6,8,10H,1,7H2,2H3. The first-order valence-corrected chi connectivity index (χ1v) is 4.38. The summed E-state index contributed by atoms with van der Waals surface area (Å²) in [5, 5.41) is 0. The van der Waals surface area contributed by atoms with Gasteiger partial charge in [-0.1, -0.05) is 31.2 Å². The lowest BCUT2D eigenvalue weighted by Crippen LogP contribution is -2.08. The Kier molecular flexibility index (Phi) is 2.95. The maximum absolute atomic E-state index is 5.69. The molecule has 1 heteroatoms. The van der Waals surface area contributed by atoms with Gasteiger partial charge in [0.2, 0.25) is 0 Å². The van der Waals surface area contributed by atoms with Crippen LogP contribution in [0.3, 0.4) is 0 Å². The average Bonchev–Trinajstić information content (AvgIpc) is 2.04. The summed E-state index contributed by atoms with van der Waals surface area (Å²) in [7, 11) is 0. The zero-order valence-corrected chi connectivity index (χ0v) is 7.51. The van der Waals surface area contributed by atoms with E-state index in [1.807, 2.05) is 6.08 Å². The van der Waals surface area contributed by atoms with Crippen molar-refractivity contribution >= 4 is 11.6 Å². The van der Waals surface area contributed by atoms with Crippen LogP contribution in [0.4, 0.5) is 0 Å². The maximum atomic E-state index is 5.69. The topological polar surface area (TPSA) is 0 Å². The summed E-state index contributed by atoms with van der Waals surface area (Å²) in [5.74, 6) is 1.65. The number of hydrogen-bond acceptors (Lipinski definition) is 0. The molecule has 0 radical (unpaired) electrons. The third kappa shape index (κ3) is 1.97. The molecule has 0 nitrogen and oxygen atoms in total. The summed E-state index contributed by atoms with van der Waals surface area (Å²) in [6.45, 7) is 5.96. The second kappa shape index (κ2) is 3.77. The van der Waals surface area contributed by atoms with Gasteiger partial charge in [-0.25, -0.2) is 0 Å². The van der Waals surface area contributed by atoms with E-state index in [0.29, 0.717) is 17.7 Å². The summed E-state index contributed by atoms with van der Waals surface area (Å²) >= 11 is 5.69. The molecule has 1 aliphatic carbocycles. The molecule has 1 aliphatic rings. The van der Waals surface area contributed by atoms with E-state index >= 15 is 0 Å². The van der Waals surface area contributed by atoms with Crippen molar-refractivity contribution < 1.29 is 0 Å². The first-order chi connectivity index (χ1) is 5.27. The Hall–Kier alpha value is -0.490. The van der Waals surface area contributed by atoms with Gasteiger partial charge in [0.25, 0.3) is 0 Å². The normalized spacial score (nSPS) is 29.8. The van der Waals surface area contributed by atoms with Crippen molar-refractivity contribution in [2.75, 3.05) is 5.88 Å². The Labute approximate surface area is 73.3 Å². The quantitative estimate of drug-likeness (QED) is 0.439. The fraction of sp³-hybridized carbons (Fsp3) is 0.400. The second-order valence-corrected chi connectivity index (χ2v) is 3.17. The average molecular weight is 169 g/mol. The number of hydrogen-bond donors (Lipinski definition) is 0. The molecule has 0 bridgehead atoms. The molecule has 0 spiro atoms. The lowest BCUT2D eigenvalue weighted by atomic mass is 9.88. The molecule has 1 rings (SSSR count). The Morgan fingerprint density at radius 3 is 2.91 bits per heavy atom. The highest BCUT2D eigenvalue weighted by atomic mass is 35.5. The Balaban J connectivity index is 2.70. The molecule has 0 saturated carbocycles. The zero-order chi connectivity index (χ0) is 8.27. The van der Waals surface area contributed by atoms with Gasteiger partial charge in [0.15, 0.2) is 0 Å². The van der Waals surface area contributed by atoms with Crippen LogP contribution in [0.2, 0.25) is 0 Å². The van der Waals surface area contributed by atoms with Gasteiger partial charge in [0.1, 0.15) is 0 Å². The summed E-state index contributed by atoms with van der Waals surface area (Å²) in [5.41, 5.74) is 1.22. The molecule has 0 amide bonds. The third-order valence-corrected chi connectivity index (χ3v) is 2.35. The van der Waals surface area contributed by atoms with E-state index in [1.165, 1.54) is 5.57 Å². The van der Waals surface area contributed by atoms with Crippen molar-refractivity contribution in [3.05, 3.63) is 36.5 Å². The van der Waals surface area contributed by atoms with Crippen LogP contribution in [0.15, 0.2) is 36.5 Å². The van der Waals surface area contributed by atoms with Crippen molar-refractivity contribution in [2.24, 2.45) is 11.8 Å². The molecule has 60 valence electrons. The van der Waals surface area contributed by atoms with Crippen LogP contribution < -0.4 is 0 Å². The summed E-state index contributed by atoms with van der Waals surface area (Å²) < 4.78 is 0. The lowest BCUT2D eigenvalue weighted by molar-refractivity contribution is 0.602. The summed E-state index contributed by atoms with van der Waals surface area (Å²) in [6.07, 6.45) is 8.43. The van der Waals surface area contributed by atoms with Gasteiger partial charge in [-0.15, -0.1) is 18.2 Å². The molecule has 0 fully saturated rings. The molecule has 11 heavy (non-hydrogen) atoms. The number of allylic oxidation sites excluding steroid dienone is 5. The van der Waals surface area contributed by atoms with E-state index in [0.717, 1.165) is 0 Å². The van der Waals surface area contributed by atoms with Crippen LogP contribution in [0, 0.1) is 11.8 Å². The van der Waals surface area contributed by atoms with Crippen molar-refractivity contribution in [2.45, 2.75) is 6.92 Å². The Morgan fingerprint density at radius 1 is 1.73 bits per heavy atom. The van der Waals surface area contributed by atoms with Gasteiger partial charge in [0, 0.05) is 11.8 Å². The Bertz CT molecular complexity index is 201. The van der Waals surface area contributed by atoms with Crippen LogP contribution in [0.1, 0.15) is 6.92 Å². The SMILES string of the molecule is C=CC1C=CC(CCl)=CC1C. The van der Waals surface area contributed by atoms with Crippen molar-refractivity contribution in [1.82, 2.24) is 0 Å². The van der Waals surface area contributed by atoms with Gasteiger partial charge in [-0.2, -0.15) is 0 Å². The first-order valence-electron chi connectivity index (χ1n) is 3.85. The van der Waals surface area contributed by atoms with Crippen LogP contribution in [0.25, 0.3) is 0 Å². The van der Waals surface area contributed by atoms with Crippen molar-refractivity contribution in [3.63, 3.8) is 0 Å². The second-order valence-electron chi connectivity index (χ2n) is 2.91. The summed E-state index contributed by atoms with van der Waals surface area (Å²) in [6, 6.07) is 0. The van der Waals surface area contributed by atoms with Gasteiger partial charge >= 0.3 is 0 Å². The van der Waals surface area contributed by atoms with Crippen LogP contribution in [-0.2, 0) is 0 Å². The summed E-state index contributed by atoms with van der Waals surface area (Å²) in [4.78, 5) is 0. The van der Waals surface area contributed by atoms with Gasteiger partial charge < -0.3 is 0 Å². The third-order valence-electron chi connectivity index (χ3n) is 2.04. The number of halogens is 1. The highest BCUT2D eigenvalue weighted by molar-refractivity contribution is 6.19. The largest absolute Gasteiger partial charge is 0.122 e. The van der Waals surface area contributed by atoms with Crippen molar-refractivity contribution in [1.29, 1.82) is 0 Å². The van der Waals surface area contributed by atoms with Crippen LogP contribution >= 0.6 is 11.6 Å². The molecule has 0 N–H and O–H groups in total. The van der Waals surface area contributed by atoms with E-state index in [1.54, 1.807) is 0 Å². The molecule has 2 unspecified atom stereocenters. The molecular weight excluding hydrogens is 156 g/mol. The molecular formula is C10H13Cl.